The number of benzene rings is 1. The van der Waals surface area contributed by atoms with Crippen LogP contribution in [0, 0.1) is 11.8 Å². The molecule has 5 aliphatic rings. The Bertz CT molecular complexity index is 624. The third kappa shape index (κ3) is 1.15. The summed E-state index contributed by atoms with van der Waals surface area (Å²) in [6.45, 7) is 0. The molecule has 1 saturated heterocycles. The van der Waals surface area contributed by atoms with Gasteiger partial charge in [0.2, 0.25) is 0 Å². The van der Waals surface area contributed by atoms with Gasteiger partial charge < -0.3 is 0 Å². The lowest BCUT2D eigenvalue weighted by molar-refractivity contribution is -0.918. The summed E-state index contributed by atoms with van der Waals surface area (Å²) in [5.74, 6) is 2.27. The molecule has 94 valence electrons. The number of piperidine rings is 1. The molecule has 1 aromatic carbocycles. The summed E-state index contributed by atoms with van der Waals surface area (Å²) in [4.78, 5) is 1.68. The van der Waals surface area contributed by atoms with Gasteiger partial charge in [0.25, 0.3) is 0 Å². The van der Waals surface area contributed by atoms with E-state index in [-0.39, 0.29) is 0 Å². The van der Waals surface area contributed by atoms with Crippen LogP contribution in [0.3, 0.4) is 0 Å². The number of rotatable bonds is 0. The van der Waals surface area contributed by atoms with Crippen LogP contribution in [0.2, 0.25) is 0 Å². The largest absolute Gasteiger partial charge is 0.296 e. The Morgan fingerprint density at radius 2 is 1.89 bits per heavy atom. The number of hydrogen-bond donors (Lipinski definition) is 1. The molecule has 1 aromatic rings. The number of nitrogens with one attached hydrogen (secondary N) is 1. The first-order valence-electron chi connectivity index (χ1n) is 7.42. The van der Waals surface area contributed by atoms with Gasteiger partial charge in [-0.3, -0.25) is 4.90 Å². The average molecular weight is 248 g/mol. The highest BCUT2D eigenvalue weighted by atomic mass is 15.2. The third-order valence-corrected chi connectivity index (χ3v) is 5.64. The second-order valence-corrected chi connectivity index (χ2v) is 6.31. The van der Waals surface area contributed by atoms with E-state index in [1.807, 2.05) is 0 Å². The molecule has 3 aliphatic heterocycles. The molecule has 0 radical (unpaired) electrons. The Labute approximate surface area is 113 Å². The van der Waals surface area contributed by atoms with E-state index in [2.05, 4.69) is 60.8 Å². The van der Waals surface area contributed by atoms with Crippen LogP contribution in [0.5, 0.6) is 0 Å². The van der Waals surface area contributed by atoms with E-state index < -0.39 is 0 Å². The van der Waals surface area contributed by atoms with Crippen molar-refractivity contribution in [2.24, 2.45) is 11.8 Å². The van der Waals surface area contributed by atoms with Gasteiger partial charge in [0.1, 0.15) is 12.1 Å². The Morgan fingerprint density at radius 3 is 2.84 bits per heavy atom. The Balaban J connectivity index is 1.78. The van der Waals surface area contributed by atoms with Gasteiger partial charge in [-0.05, 0) is 30.1 Å². The van der Waals surface area contributed by atoms with Crippen LogP contribution < -0.4 is 4.90 Å². The predicted octanol–water partition coefficient (Wildman–Crippen LogP) is 2.37. The first-order chi connectivity index (χ1) is 9.45. The van der Waals surface area contributed by atoms with Crippen molar-refractivity contribution in [2.75, 3.05) is 0 Å². The lowest BCUT2D eigenvalue weighted by Gasteiger charge is -2.53. The molecule has 1 N–H and O–H groups in total. The van der Waals surface area contributed by atoms with Crippen LogP contribution in [0.15, 0.2) is 60.8 Å². The second kappa shape index (κ2) is 3.49. The fraction of sp³-hybridized carbons (Fsp3) is 0.333. The van der Waals surface area contributed by atoms with Gasteiger partial charge in [0.15, 0.2) is 0 Å². The molecule has 19 heavy (non-hydrogen) atoms. The van der Waals surface area contributed by atoms with Gasteiger partial charge in [0, 0.05) is 17.4 Å². The Kier molecular flexibility index (Phi) is 1.88. The molecule has 1 heteroatoms. The summed E-state index contributed by atoms with van der Waals surface area (Å²) in [6.07, 6.45) is 15.5. The molecule has 2 aliphatic carbocycles. The van der Waals surface area contributed by atoms with Crippen LogP contribution in [0.25, 0.3) is 0 Å². The molecule has 6 atom stereocenters. The summed E-state index contributed by atoms with van der Waals surface area (Å²) < 4.78 is 0. The van der Waals surface area contributed by atoms with Crippen molar-refractivity contribution >= 4 is 0 Å². The fourth-order valence-electron chi connectivity index (χ4n) is 5.04. The van der Waals surface area contributed by atoms with E-state index >= 15 is 0 Å². The lowest BCUT2D eigenvalue weighted by atomic mass is 9.60. The average Bonchev–Trinajstić information content (AvgIpc) is 2.96. The zero-order chi connectivity index (χ0) is 12.4. The van der Waals surface area contributed by atoms with Gasteiger partial charge in [-0.2, -0.15) is 0 Å². The molecule has 1 fully saturated rings. The lowest BCUT2D eigenvalue weighted by Crippen LogP contribution is -3.15. The van der Waals surface area contributed by atoms with Gasteiger partial charge in [0.05, 0.1) is 6.20 Å². The number of allylic oxidation sites excluding steroid dienone is 4. The molecular formula is C18H18N+. The minimum absolute atomic E-state index is 0.647. The minimum Gasteiger partial charge on any atom is -0.296 e. The third-order valence-electron chi connectivity index (χ3n) is 5.64. The van der Waals surface area contributed by atoms with Crippen LogP contribution in [0.4, 0.5) is 0 Å². The van der Waals surface area contributed by atoms with Crippen LogP contribution >= 0.6 is 0 Å². The molecular weight excluding hydrogens is 230 g/mol. The van der Waals surface area contributed by atoms with Crippen molar-refractivity contribution in [2.45, 2.75) is 24.4 Å². The first kappa shape index (κ1) is 10.2. The maximum Gasteiger partial charge on any atom is 0.122 e. The van der Waals surface area contributed by atoms with Crippen LogP contribution in [-0.4, -0.2) is 6.04 Å². The Morgan fingerprint density at radius 1 is 1.00 bits per heavy atom. The predicted molar refractivity (Wildman–Crippen MR) is 75.7 cm³/mol. The SMILES string of the molecule is C1=CC2[C@H]3c4ccccc4[C@H]([C@@H]4CC=C[C@@H]43)[NH+]2C=C1. The highest BCUT2D eigenvalue weighted by Crippen LogP contribution is 2.53. The van der Waals surface area contributed by atoms with Crippen molar-refractivity contribution in [3.05, 3.63) is 72.0 Å². The van der Waals surface area contributed by atoms with Crippen LogP contribution in [0.1, 0.15) is 29.5 Å². The molecule has 6 rings (SSSR count). The maximum absolute atomic E-state index is 2.50. The van der Waals surface area contributed by atoms with Gasteiger partial charge in [-0.1, -0.05) is 42.5 Å². The molecule has 3 heterocycles. The van der Waals surface area contributed by atoms with Gasteiger partial charge >= 0.3 is 0 Å². The molecule has 0 saturated carbocycles. The number of hydrogen-bond acceptors (Lipinski definition) is 0. The fourth-order valence-corrected chi connectivity index (χ4v) is 5.04. The molecule has 2 bridgehead atoms. The van der Waals surface area contributed by atoms with E-state index in [0.29, 0.717) is 18.0 Å². The zero-order valence-corrected chi connectivity index (χ0v) is 10.9. The topological polar surface area (TPSA) is 4.44 Å². The summed E-state index contributed by atoms with van der Waals surface area (Å²) in [5.41, 5.74) is 3.23. The monoisotopic (exact) mass is 248 g/mol. The molecule has 0 aromatic heterocycles. The van der Waals surface area contributed by atoms with Gasteiger partial charge in [-0.25, -0.2) is 0 Å². The summed E-state index contributed by atoms with van der Waals surface area (Å²) >= 11 is 0. The molecule has 2 unspecified atom stereocenters. The summed E-state index contributed by atoms with van der Waals surface area (Å²) in [6, 6.07) is 10.5. The maximum atomic E-state index is 2.50. The van der Waals surface area contributed by atoms with E-state index in [9.17, 15) is 0 Å². The normalized spacial score (nSPS) is 44.0. The summed E-state index contributed by atoms with van der Waals surface area (Å²) in [7, 11) is 0. The number of quaternary nitrogens is 1. The minimum atomic E-state index is 0.647. The molecule has 1 nitrogen and oxygen atoms in total. The molecule has 0 amide bonds. The standard InChI is InChI=1S/C18H17N/c1-2-7-14-12(6-1)17-13-8-5-9-15(13)18(14)19-11-4-3-10-16(17)19/h1-8,10-11,13,15-18H,9H2/p+1/t13-,15+,16?,17-,18+/m0/s1. The van der Waals surface area contributed by atoms with Crippen molar-refractivity contribution in [1.29, 1.82) is 0 Å². The van der Waals surface area contributed by atoms with E-state index in [1.165, 1.54) is 6.42 Å². The Hall–Kier alpha value is -1.60. The van der Waals surface area contributed by atoms with Crippen molar-refractivity contribution in [3.63, 3.8) is 0 Å². The van der Waals surface area contributed by atoms with E-state index in [4.69, 9.17) is 0 Å². The first-order valence-corrected chi connectivity index (χ1v) is 7.42. The van der Waals surface area contributed by atoms with E-state index in [0.717, 1.165) is 11.8 Å². The van der Waals surface area contributed by atoms with Crippen molar-refractivity contribution in [3.8, 4) is 0 Å². The van der Waals surface area contributed by atoms with Crippen molar-refractivity contribution in [1.82, 2.24) is 0 Å². The smallest absolute Gasteiger partial charge is 0.122 e. The quantitative estimate of drug-likeness (QED) is 0.672. The van der Waals surface area contributed by atoms with Crippen molar-refractivity contribution < 1.29 is 4.90 Å². The zero-order valence-electron chi connectivity index (χ0n) is 10.9. The second-order valence-electron chi connectivity index (χ2n) is 6.31. The molecule has 0 spiro atoms. The van der Waals surface area contributed by atoms with Gasteiger partial charge in [-0.15, -0.1) is 0 Å². The summed E-state index contributed by atoms with van der Waals surface area (Å²) in [5, 5.41) is 0. The highest BCUT2D eigenvalue weighted by molar-refractivity contribution is 5.42. The van der Waals surface area contributed by atoms with Crippen LogP contribution in [-0.2, 0) is 0 Å². The van der Waals surface area contributed by atoms with E-state index in [1.54, 1.807) is 16.0 Å². The highest BCUT2D eigenvalue weighted by Gasteiger charge is 2.57.